The topological polar surface area (TPSA) is 90.7 Å². The Morgan fingerprint density at radius 2 is 1.96 bits per heavy atom. The number of carbonyl (C=O) groups is 2. The van der Waals surface area contributed by atoms with Crippen molar-refractivity contribution in [3.05, 3.63) is 35.9 Å². The van der Waals surface area contributed by atoms with E-state index in [9.17, 15) is 9.59 Å². The van der Waals surface area contributed by atoms with Gasteiger partial charge in [0.1, 0.15) is 6.04 Å². The third-order valence-corrected chi connectivity index (χ3v) is 4.16. The number of nitrogens with one attached hydrogen (secondary N) is 1. The van der Waals surface area contributed by atoms with Gasteiger partial charge in [0.05, 0.1) is 13.2 Å². The van der Waals surface area contributed by atoms with Gasteiger partial charge in [-0.2, -0.15) is 0 Å². The summed E-state index contributed by atoms with van der Waals surface area (Å²) >= 11 is 0. The quantitative estimate of drug-likeness (QED) is 0.751. The SMILES string of the molecule is COC(=O)C(Cc1ccccc1)NC(=O)C(N)C1CCOCC1. The molecule has 3 N–H and O–H groups in total. The lowest BCUT2D eigenvalue weighted by atomic mass is 9.91. The molecule has 23 heavy (non-hydrogen) atoms. The number of rotatable bonds is 6. The smallest absolute Gasteiger partial charge is 0.328 e. The number of nitrogens with two attached hydrogens (primary N) is 1. The standard InChI is InChI=1S/C17H24N2O4/c1-22-17(21)14(11-12-5-3-2-4-6-12)19-16(20)15(18)13-7-9-23-10-8-13/h2-6,13-15H,7-11,18H2,1H3,(H,19,20). The van der Waals surface area contributed by atoms with Gasteiger partial charge in [-0.15, -0.1) is 0 Å². The summed E-state index contributed by atoms with van der Waals surface area (Å²) in [4.78, 5) is 24.3. The minimum absolute atomic E-state index is 0.0822. The van der Waals surface area contributed by atoms with E-state index in [0.717, 1.165) is 18.4 Å². The molecule has 1 aliphatic rings. The zero-order chi connectivity index (χ0) is 16.7. The molecule has 0 aliphatic carbocycles. The van der Waals surface area contributed by atoms with Crippen LogP contribution in [0, 0.1) is 5.92 Å². The molecule has 1 aliphatic heterocycles. The number of methoxy groups -OCH3 is 1. The first-order chi connectivity index (χ1) is 11.1. The number of hydrogen-bond acceptors (Lipinski definition) is 5. The first-order valence-electron chi connectivity index (χ1n) is 7.87. The van der Waals surface area contributed by atoms with Gasteiger partial charge in [0, 0.05) is 19.6 Å². The van der Waals surface area contributed by atoms with Gasteiger partial charge in [-0.05, 0) is 24.3 Å². The Kier molecular flexibility index (Phi) is 6.55. The highest BCUT2D eigenvalue weighted by atomic mass is 16.5. The molecule has 0 saturated carbocycles. The Morgan fingerprint density at radius 3 is 2.57 bits per heavy atom. The molecule has 6 nitrogen and oxygen atoms in total. The van der Waals surface area contributed by atoms with Crippen molar-refractivity contribution >= 4 is 11.9 Å². The maximum Gasteiger partial charge on any atom is 0.328 e. The molecule has 0 bridgehead atoms. The molecule has 1 amide bonds. The second kappa shape index (κ2) is 8.64. The van der Waals surface area contributed by atoms with E-state index in [2.05, 4.69) is 5.32 Å². The lowest BCUT2D eigenvalue weighted by Crippen LogP contribution is -2.52. The van der Waals surface area contributed by atoms with Crippen LogP contribution >= 0.6 is 0 Å². The van der Waals surface area contributed by atoms with Crippen molar-refractivity contribution in [3.63, 3.8) is 0 Å². The summed E-state index contributed by atoms with van der Waals surface area (Å²) in [7, 11) is 1.31. The van der Waals surface area contributed by atoms with Crippen LogP contribution in [0.3, 0.4) is 0 Å². The van der Waals surface area contributed by atoms with Gasteiger partial charge < -0.3 is 20.5 Å². The summed E-state index contributed by atoms with van der Waals surface area (Å²) in [6.07, 6.45) is 1.89. The predicted octanol–water partition coefficient (Wildman–Crippen LogP) is 0.641. The van der Waals surface area contributed by atoms with Crippen molar-refractivity contribution in [2.75, 3.05) is 20.3 Å². The Bertz CT molecular complexity index is 515. The summed E-state index contributed by atoms with van der Waals surface area (Å²) in [6.45, 7) is 1.24. The van der Waals surface area contributed by atoms with Crippen molar-refractivity contribution in [2.24, 2.45) is 11.7 Å². The van der Waals surface area contributed by atoms with Crippen LogP contribution in [0.15, 0.2) is 30.3 Å². The fourth-order valence-corrected chi connectivity index (χ4v) is 2.74. The predicted molar refractivity (Wildman–Crippen MR) is 85.6 cm³/mol. The number of hydrogen-bond donors (Lipinski definition) is 2. The van der Waals surface area contributed by atoms with E-state index in [0.29, 0.717) is 19.6 Å². The molecule has 6 heteroatoms. The normalized spacial score (nSPS) is 18.0. The number of amides is 1. The largest absolute Gasteiger partial charge is 0.467 e. The molecule has 126 valence electrons. The number of esters is 1. The van der Waals surface area contributed by atoms with E-state index in [-0.39, 0.29) is 11.8 Å². The summed E-state index contributed by atoms with van der Waals surface area (Å²) < 4.78 is 10.1. The molecule has 1 heterocycles. The van der Waals surface area contributed by atoms with Crippen molar-refractivity contribution in [1.29, 1.82) is 0 Å². The highest BCUT2D eigenvalue weighted by Gasteiger charge is 2.30. The summed E-state index contributed by atoms with van der Waals surface area (Å²) in [5, 5.41) is 2.73. The van der Waals surface area contributed by atoms with Gasteiger partial charge in [0.15, 0.2) is 0 Å². The Labute approximate surface area is 136 Å². The van der Waals surface area contributed by atoms with Gasteiger partial charge in [0.25, 0.3) is 0 Å². The molecular formula is C17H24N2O4. The molecule has 2 unspecified atom stereocenters. The van der Waals surface area contributed by atoms with Crippen LogP contribution in [-0.4, -0.2) is 44.3 Å². The summed E-state index contributed by atoms with van der Waals surface area (Å²) in [5.41, 5.74) is 7.00. The molecule has 2 atom stereocenters. The Morgan fingerprint density at radius 1 is 1.30 bits per heavy atom. The second-order valence-corrected chi connectivity index (χ2v) is 5.75. The molecule has 2 rings (SSSR count). The van der Waals surface area contributed by atoms with Crippen molar-refractivity contribution in [2.45, 2.75) is 31.3 Å². The monoisotopic (exact) mass is 320 g/mol. The van der Waals surface area contributed by atoms with Gasteiger partial charge >= 0.3 is 5.97 Å². The van der Waals surface area contributed by atoms with Crippen LogP contribution in [0.4, 0.5) is 0 Å². The fraction of sp³-hybridized carbons (Fsp3) is 0.529. The molecular weight excluding hydrogens is 296 g/mol. The van der Waals surface area contributed by atoms with Gasteiger partial charge in [0.2, 0.25) is 5.91 Å². The first-order valence-corrected chi connectivity index (χ1v) is 7.87. The van der Waals surface area contributed by atoms with E-state index in [1.807, 2.05) is 30.3 Å². The molecule has 1 fully saturated rings. The average Bonchev–Trinajstić information content (AvgIpc) is 2.61. The lowest BCUT2D eigenvalue weighted by Gasteiger charge is -2.28. The third-order valence-electron chi connectivity index (χ3n) is 4.16. The van der Waals surface area contributed by atoms with Crippen molar-refractivity contribution in [1.82, 2.24) is 5.32 Å². The molecule has 0 aromatic heterocycles. The number of carbonyl (C=O) groups excluding carboxylic acids is 2. The van der Waals surface area contributed by atoms with E-state index in [1.54, 1.807) is 0 Å². The molecule has 0 spiro atoms. The maximum absolute atomic E-state index is 12.4. The molecule has 1 aromatic rings. The van der Waals surface area contributed by atoms with Gasteiger partial charge in [-0.1, -0.05) is 30.3 Å². The molecule has 1 aromatic carbocycles. The van der Waals surface area contributed by atoms with E-state index >= 15 is 0 Å². The summed E-state index contributed by atoms with van der Waals surface area (Å²) in [5.74, 6) is -0.705. The first kappa shape index (κ1) is 17.4. The average molecular weight is 320 g/mol. The van der Waals surface area contributed by atoms with Gasteiger partial charge in [-0.25, -0.2) is 4.79 Å². The minimum atomic E-state index is -0.735. The second-order valence-electron chi connectivity index (χ2n) is 5.75. The van der Waals surface area contributed by atoms with Gasteiger partial charge in [-0.3, -0.25) is 4.79 Å². The summed E-state index contributed by atoms with van der Waals surface area (Å²) in [6, 6.07) is 8.11. The van der Waals surface area contributed by atoms with Crippen LogP contribution in [0.2, 0.25) is 0 Å². The Hall–Kier alpha value is -1.92. The zero-order valence-electron chi connectivity index (χ0n) is 13.4. The van der Waals surface area contributed by atoms with E-state index in [1.165, 1.54) is 7.11 Å². The van der Waals surface area contributed by atoms with Crippen LogP contribution in [0.1, 0.15) is 18.4 Å². The molecule has 1 saturated heterocycles. The van der Waals surface area contributed by atoms with E-state index < -0.39 is 18.1 Å². The number of benzene rings is 1. The van der Waals surface area contributed by atoms with Crippen molar-refractivity contribution < 1.29 is 19.1 Å². The third kappa shape index (κ3) is 5.04. The highest BCUT2D eigenvalue weighted by Crippen LogP contribution is 2.18. The van der Waals surface area contributed by atoms with E-state index in [4.69, 9.17) is 15.2 Å². The van der Waals surface area contributed by atoms with Crippen LogP contribution in [-0.2, 0) is 25.5 Å². The van der Waals surface area contributed by atoms with Crippen LogP contribution in [0.25, 0.3) is 0 Å². The Balaban J connectivity index is 1.98. The lowest BCUT2D eigenvalue weighted by molar-refractivity contribution is -0.145. The maximum atomic E-state index is 12.4. The van der Waals surface area contributed by atoms with Crippen LogP contribution < -0.4 is 11.1 Å². The highest BCUT2D eigenvalue weighted by molar-refractivity contribution is 5.87. The zero-order valence-corrected chi connectivity index (χ0v) is 13.4. The molecule has 0 radical (unpaired) electrons. The van der Waals surface area contributed by atoms with Crippen molar-refractivity contribution in [3.8, 4) is 0 Å². The van der Waals surface area contributed by atoms with Crippen LogP contribution in [0.5, 0.6) is 0 Å². The minimum Gasteiger partial charge on any atom is -0.467 e. The fourth-order valence-electron chi connectivity index (χ4n) is 2.74. The number of ether oxygens (including phenoxy) is 2.